The van der Waals surface area contributed by atoms with Gasteiger partial charge in [0.15, 0.2) is 0 Å². The highest BCUT2D eigenvalue weighted by Crippen LogP contribution is 2.33. The lowest BCUT2D eigenvalue weighted by molar-refractivity contribution is -0.121. The van der Waals surface area contributed by atoms with Crippen LogP contribution in [-0.2, 0) is 4.79 Å². The maximum absolute atomic E-state index is 12.4. The fraction of sp³-hybridized carbons (Fsp3) is 0.100. The van der Waals surface area contributed by atoms with Gasteiger partial charge in [0.1, 0.15) is 15.8 Å². The average Bonchev–Trinajstić information content (AvgIpc) is 2.85. The Kier molecular flexibility index (Phi) is 5.36. The lowest BCUT2D eigenvalue weighted by Crippen LogP contribution is -2.27. The molecule has 2 aromatic carbocycles. The molecular weight excluding hydrogens is 350 g/mol. The number of aryl methyl sites for hydroxylation is 1. The van der Waals surface area contributed by atoms with E-state index in [4.69, 9.17) is 17.0 Å². The van der Waals surface area contributed by atoms with Crippen molar-refractivity contribution in [2.45, 2.75) is 6.92 Å². The van der Waals surface area contributed by atoms with Gasteiger partial charge in [-0.05, 0) is 42.8 Å². The maximum atomic E-state index is 12.4. The van der Waals surface area contributed by atoms with Gasteiger partial charge in [0.2, 0.25) is 0 Å². The van der Waals surface area contributed by atoms with Gasteiger partial charge in [-0.1, -0.05) is 59.9 Å². The predicted molar refractivity (Wildman–Crippen MR) is 108 cm³/mol. The van der Waals surface area contributed by atoms with Crippen LogP contribution in [-0.4, -0.2) is 21.7 Å². The Morgan fingerprint density at radius 1 is 1.20 bits per heavy atom. The number of thioether (sulfide) groups is 1. The van der Waals surface area contributed by atoms with Gasteiger partial charge in [-0.15, -0.1) is 6.58 Å². The van der Waals surface area contributed by atoms with E-state index in [1.165, 1.54) is 17.3 Å². The van der Waals surface area contributed by atoms with Gasteiger partial charge in [0.25, 0.3) is 5.91 Å². The van der Waals surface area contributed by atoms with E-state index >= 15 is 0 Å². The van der Waals surface area contributed by atoms with Crippen molar-refractivity contribution in [1.82, 2.24) is 4.90 Å². The summed E-state index contributed by atoms with van der Waals surface area (Å²) in [5.74, 6) is 1.42. The largest absolute Gasteiger partial charge is 0.457 e. The highest BCUT2D eigenvalue weighted by atomic mass is 32.2. The maximum Gasteiger partial charge on any atom is 0.266 e. The third-order valence-electron chi connectivity index (χ3n) is 3.60. The van der Waals surface area contributed by atoms with E-state index in [-0.39, 0.29) is 5.91 Å². The van der Waals surface area contributed by atoms with E-state index in [0.717, 1.165) is 17.1 Å². The molecule has 5 heteroatoms. The summed E-state index contributed by atoms with van der Waals surface area (Å²) in [5.41, 5.74) is 2.08. The third kappa shape index (κ3) is 4.18. The summed E-state index contributed by atoms with van der Waals surface area (Å²) in [4.78, 5) is 14.5. The molecule has 0 saturated carbocycles. The molecule has 0 unspecified atom stereocenters. The summed E-state index contributed by atoms with van der Waals surface area (Å²) < 4.78 is 6.43. The Morgan fingerprint density at radius 3 is 2.68 bits per heavy atom. The van der Waals surface area contributed by atoms with Crippen LogP contribution in [0.2, 0.25) is 0 Å². The van der Waals surface area contributed by atoms with Gasteiger partial charge < -0.3 is 4.74 Å². The number of carbonyl (C=O) groups excluding carboxylic acids is 1. The molecule has 25 heavy (non-hydrogen) atoms. The minimum Gasteiger partial charge on any atom is -0.457 e. The summed E-state index contributed by atoms with van der Waals surface area (Å²) >= 11 is 6.56. The summed E-state index contributed by atoms with van der Waals surface area (Å²) in [5, 5.41) is 0. The molecule has 1 saturated heterocycles. The lowest BCUT2D eigenvalue weighted by Gasteiger charge is -2.10. The molecule has 126 valence electrons. The number of hydrogen-bond acceptors (Lipinski definition) is 4. The summed E-state index contributed by atoms with van der Waals surface area (Å²) in [6.07, 6.45) is 3.51. The summed E-state index contributed by atoms with van der Waals surface area (Å²) in [6, 6.07) is 15.5. The molecule has 0 spiro atoms. The SMILES string of the molecule is C=CCN1C(=O)/C(=C\c2cccc(Oc3ccc(C)cc3)c2)SC1=S. The van der Waals surface area contributed by atoms with Crippen molar-refractivity contribution >= 4 is 40.3 Å². The molecule has 0 aromatic heterocycles. The summed E-state index contributed by atoms with van der Waals surface area (Å²) in [6.45, 7) is 6.12. The molecule has 1 heterocycles. The van der Waals surface area contributed by atoms with Crippen LogP contribution in [0.4, 0.5) is 0 Å². The predicted octanol–water partition coefficient (Wildman–Crippen LogP) is 5.17. The van der Waals surface area contributed by atoms with Crippen molar-refractivity contribution in [2.24, 2.45) is 0 Å². The number of rotatable bonds is 5. The fourth-order valence-corrected chi connectivity index (χ4v) is 3.62. The van der Waals surface area contributed by atoms with Crippen LogP contribution in [0.3, 0.4) is 0 Å². The van der Waals surface area contributed by atoms with E-state index in [2.05, 4.69) is 6.58 Å². The second kappa shape index (κ2) is 7.68. The van der Waals surface area contributed by atoms with E-state index in [0.29, 0.717) is 15.8 Å². The van der Waals surface area contributed by atoms with Gasteiger partial charge >= 0.3 is 0 Å². The van der Waals surface area contributed by atoms with Crippen molar-refractivity contribution in [2.75, 3.05) is 6.54 Å². The lowest BCUT2D eigenvalue weighted by atomic mass is 10.2. The minimum absolute atomic E-state index is 0.0836. The molecule has 1 amide bonds. The minimum atomic E-state index is -0.0836. The normalized spacial score (nSPS) is 15.7. The number of nitrogens with zero attached hydrogens (tertiary/aromatic N) is 1. The Morgan fingerprint density at radius 2 is 1.96 bits per heavy atom. The van der Waals surface area contributed by atoms with E-state index in [1.54, 1.807) is 11.0 Å². The summed E-state index contributed by atoms with van der Waals surface area (Å²) in [7, 11) is 0. The van der Waals surface area contributed by atoms with Gasteiger partial charge in [-0.2, -0.15) is 0 Å². The fourth-order valence-electron chi connectivity index (χ4n) is 2.35. The molecular formula is C20H17NO2S2. The highest BCUT2D eigenvalue weighted by Gasteiger charge is 2.30. The number of amides is 1. The van der Waals surface area contributed by atoms with E-state index in [9.17, 15) is 4.79 Å². The van der Waals surface area contributed by atoms with Gasteiger partial charge in [0.05, 0.1) is 4.91 Å². The van der Waals surface area contributed by atoms with Crippen LogP contribution in [0, 0.1) is 6.92 Å². The number of ether oxygens (including phenoxy) is 1. The molecule has 0 bridgehead atoms. The quantitative estimate of drug-likeness (QED) is 0.414. The number of hydrogen-bond donors (Lipinski definition) is 0. The Hall–Kier alpha value is -2.37. The molecule has 3 rings (SSSR count). The van der Waals surface area contributed by atoms with Gasteiger partial charge in [-0.25, -0.2) is 0 Å². The topological polar surface area (TPSA) is 29.5 Å². The Bertz CT molecular complexity index is 856. The zero-order valence-electron chi connectivity index (χ0n) is 13.8. The van der Waals surface area contributed by atoms with Crippen LogP contribution in [0.25, 0.3) is 6.08 Å². The third-order valence-corrected chi connectivity index (χ3v) is 4.98. The van der Waals surface area contributed by atoms with Gasteiger partial charge in [-0.3, -0.25) is 9.69 Å². The first kappa shape index (κ1) is 17.5. The smallest absolute Gasteiger partial charge is 0.266 e. The molecule has 0 N–H and O–H groups in total. The standard InChI is InChI=1S/C20H17NO2S2/c1-3-11-21-19(22)18(25-20(21)24)13-15-5-4-6-17(12-15)23-16-9-7-14(2)8-10-16/h3-10,12-13H,1,11H2,2H3/b18-13+. The second-order valence-corrected chi connectivity index (χ2v) is 7.24. The first-order valence-electron chi connectivity index (χ1n) is 7.77. The zero-order chi connectivity index (χ0) is 17.8. The van der Waals surface area contributed by atoms with Crippen LogP contribution < -0.4 is 4.74 Å². The van der Waals surface area contributed by atoms with Crippen molar-refractivity contribution in [1.29, 1.82) is 0 Å². The second-order valence-electron chi connectivity index (χ2n) is 5.57. The molecule has 2 aromatic rings. The monoisotopic (exact) mass is 367 g/mol. The average molecular weight is 367 g/mol. The first-order chi connectivity index (χ1) is 12.1. The zero-order valence-corrected chi connectivity index (χ0v) is 15.4. The van der Waals surface area contributed by atoms with E-state index < -0.39 is 0 Å². The van der Waals surface area contributed by atoms with Crippen molar-refractivity contribution < 1.29 is 9.53 Å². The molecule has 1 aliphatic heterocycles. The van der Waals surface area contributed by atoms with Crippen LogP contribution in [0.1, 0.15) is 11.1 Å². The first-order valence-corrected chi connectivity index (χ1v) is 9.00. The van der Waals surface area contributed by atoms with Crippen LogP contribution in [0.5, 0.6) is 11.5 Å². The molecule has 0 aliphatic carbocycles. The van der Waals surface area contributed by atoms with Crippen molar-refractivity contribution in [3.8, 4) is 11.5 Å². The molecule has 0 atom stereocenters. The number of thiocarbonyl (C=S) groups is 1. The number of carbonyl (C=O) groups is 1. The molecule has 1 fully saturated rings. The highest BCUT2D eigenvalue weighted by molar-refractivity contribution is 8.26. The van der Waals surface area contributed by atoms with Crippen molar-refractivity contribution in [3.63, 3.8) is 0 Å². The van der Waals surface area contributed by atoms with Crippen LogP contribution >= 0.6 is 24.0 Å². The molecule has 0 radical (unpaired) electrons. The van der Waals surface area contributed by atoms with Crippen molar-refractivity contribution in [3.05, 3.63) is 77.2 Å². The van der Waals surface area contributed by atoms with Gasteiger partial charge in [0, 0.05) is 6.54 Å². The Balaban J connectivity index is 1.80. The molecule has 1 aliphatic rings. The van der Waals surface area contributed by atoms with Crippen LogP contribution in [0.15, 0.2) is 66.1 Å². The molecule has 3 nitrogen and oxygen atoms in total. The number of benzene rings is 2. The van der Waals surface area contributed by atoms with E-state index in [1.807, 2.05) is 61.5 Å². The Labute approximate surface area is 157 Å².